The molecule has 5 aliphatic rings. The highest BCUT2D eigenvalue weighted by atomic mass is 35.5. The van der Waals surface area contributed by atoms with Gasteiger partial charge in [0.2, 0.25) is 0 Å². The molecule has 5 unspecified atom stereocenters. The van der Waals surface area contributed by atoms with Gasteiger partial charge in [0.1, 0.15) is 5.57 Å². The standard InChI is InChI=1S/C27H39N7O2S.ClH/c1-17-14-29-18(15-28-17)16-30-26(36)23-24(35)19-8-9-22(33-11-5-10-32(2)12-13-33)31-25(19)34-20-6-3-4-7-21(20)37-27(23)34;/h14-15,19-22,25,31H,3-13,16H2,1-2H3,(H,30,36);1H. The maximum Gasteiger partial charge on any atom is 0.257 e. The fraction of sp³-hybridized carbons (Fsp3) is 0.704. The Morgan fingerprint density at radius 1 is 1.08 bits per heavy atom. The second kappa shape index (κ2) is 11.8. The number of halogens is 1. The summed E-state index contributed by atoms with van der Waals surface area (Å²) < 4.78 is 0. The number of hydrogen-bond donors (Lipinski definition) is 2. The molecule has 208 valence electrons. The molecule has 0 aromatic carbocycles. The lowest BCUT2D eigenvalue weighted by atomic mass is 9.81. The number of fused-ring (bicyclic) bond motifs is 5. The highest BCUT2D eigenvalue weighted by Crippen LogP contribution is 2.52. The lowest BCUT2D eigenvalue weighted by Gasteiger charge is -2.50. The summed E-state index contributed by atoms with van der Waals surface area (Å²) in [6.07, 6.45) is 11.3. The number of rotatable bonds is 4. The van der Waals surface area contributed by atoms with Gasteiger partial charge in [-0.25, -0.2) is 0 Å². The molecule has 1 saturated carbocycles. The first-order valence-corrected chi connectivity index (χ1v) is 14.9. The first-order valence-electron chi connectivity index (χ1n) is 14.0. The van der Waals surface area contributed by atoms with Crippen molar-refractivity contribution >= 4 is 35.9 Å². The molecule has 4 fully saturated rings. The topological polar surface area (TPSA) is 93.7 Å². The summed E-state index contributed by atoms with van der Waals surface area (Å²) >= 11 is 1.77. The summed E-state index contributed by atoms with van der Waals surface area (Å²) in [6, 6.07) is 0.390. The SMILES string of the molecule is Cc1cnc(CNC(=O)C2=C3SC4CCCCC4N3C3NC(N4CCCN(C)CC4)CCC3C2=O)cn1.Cl. The zero-order chi connectivity index (χ0) is 25.5. The van der Waals surface area contributed by atoms with Crippen molar-refractivity contribution in [1.82, 2.24) is 35.3 Å². The molecule has 1 aliphatic carbocycles. The van der Waals surface area contributed by atoms with Crippen molar-refractivity contribution < 1.29 is 9.59 Å². The first-order chi connectivity index (χ1) is 18.0. The van der Waals surface area contributed by atoms with Gasteiger partial charge in [0, 0.05) is 37.1 Å². The van der Waals surface area contributed by atoms with E-state index in [1.54, 1.807) is 24.2 Å². The number of aryl methyl sites for hydroxylation is 1. The molecule has 6 rings (SSSR count). The molecule has 1 aromatic rings. The van der Waals surface area contributed by atoms with Gasteiger partial charge in [-0.1, -0.05) is 12.8 Å². The third kappa shape index (κ3) is 5.35. The lowest BCUT2D eigenvalue weighted by molar-refractivity contribution is -0.130. The van der Waals surface area contributed by atoms with E-state index in [1.807, 2.05) is 6.92 Å². The van der Waals surface area contributed by atoms with E-state index >= 15 is 0 Å². The van der Waals surface area contributed by atoms with Crippen molar-refractivity contribution in [3.8, 4) is 0 Å². The van der Waals surface area contributed by atoms with Crippen LogP contribution in [0.2, 0.25) is 0 Å². The smallest absolute Gasteiger partial charge is 0.257 e. The number of carbonyl (C=O) groups excluding carboxylic acids is 2. The number of carbonyl (C=O) groups is 2. The predicted molar refractivity (Wildman–Crippen MR) is 150 cm³/mol. The van der Waals surface area contributed by atoms with Gasteiger partial charge < -0.3 is 15.1 Å². The number of hydrogen-bond acceptors (Lipinski definition) is 9. The Balaban J connectivity index is 0.00000294. The van der Waals surface area contributed by atoms with Gasteiger partial charge in [-0.3, -0.25) is 29.8 Å². The lowest BCUT2D eigenvalue weighted by Crippen LogP contribution is -2.66. The second-order valence-corrected chi connectivity index (χ2v) is 12.5. The summed E-state index contributed by atoms with van der Waals surface area (Å²) in [5, 5.41) is 8.28. The van der Waals surface area contributed by atoms with E-state index in [9.17, 15) is 9.59 Å². The number of aromatic nitrogens is 2. The van der Waals surface area contributed by atoms with E-state index in [4.69, 9.17) is 0 Å². The molecule has 3 saturated heterocycles. The summed E-state index contributed by atoms with van der Waals surface area (Å²) in [5.74, 6) is -0.443. The van der Waals surface area contributed by atoms with Crippen LogP contribution in [0.15, 0.2) is 23.0 Å². The van der Waals surface area contributed by atoms with Crippen LogP contribution >= 0.6 is 24.2 Å². The second-order valence-electron chi connectivity index (χ2n) is 11.3. The fourth-order valence-electron chi connectivity index (χ4n) is 6.78. The van der Waals surface area contributed by atoms with Gasteiger partial charge in [0.25, 0.3) is 5.91 Å². The van der Waals surface area contributed by atoms with Gasteiger partial charge in [-0.05, 0) is 52.6 Å². The van der Waals surface area contributed by atoms with Crippen molar-refractivity contribution in [2.24, 2.45) is 5.92 Å². The summed E-state index contributed by atoms with van der Waals surface area (Å²) in [7, 11) is 2.20. The molecule has 4 aliphatic heterocycles. The highest BCUT2D eigenvalue weighted by Gasteiger charge is 2.54. The third-order valence-electron chi connectivity index (χ3n) is 8.80. The molecule has 38 heavy (non-hydrogen) atoms. The van der Waals surface area contributed by atoms with E-state index in [-0.39, 0.29) is 48.9 Å². The molecule has 0 bridgehead atoms. The Bertz CT molecular complexity index is 1070. The van der Waals surface area contributed by atoms with Crippen LogP contribution in [0.4, 0.5) is 0 Å². The minimum absolute atomic E-state index is 0. The third-order valence-corrected chi connectivity index (χ3v) is 10.3. The number of nitrogens with zero attached hydrogens (tertiary/aromatic N) is 5. The number of amides is 1. The van der Waals surface area contributed by atoms with Crippen molar-refractivity contribution in [3.63, 3.8) is 0 Å². The Morgan fingerprint density at radius 3 is 2.74 bits per heavy atom. The number of nitrogens with one attached hydrogen (secondary N) is 2. The van der Waals surface area contributed by atoms with Crippen molar-refractivity contribution in [2.75, 3.05) is 33.2 Å². The molecule has 5 heterocycles. The Morgan fingerprint density at radius 2 is 1.92 bits per heavy atom. The summed E-state index contributed by atoms with van der Waals surface area (Å²) in [6.45, 7) is 6.52. The van der Waals surface area contributed by atoms with E-state index in [1.165, 1.54) is 19.3 Å². The normalized spacial score (nSPS) is 32.1. The Labute approximate surface area is 236 Å². The van der Waals surface area contributed by atoms with Crippen LogP contribution in [0, 0.1) is 12.8 Å². The van der Waals surface area contributed by atoms with Crippen molar-refractivity contribution in [1.29, 1.82) is 0 Å². The Kier molecular flexibility index (Phi) is 8.64. The molecule has 5 atom stereocenters. The monoisotopic (exact) mass is 561 g/mol. The maximum atomic E-state index is 13.9. The average Bonchev–Trinajstić information content (AvgIpc) is 3.15. The van der Waals surface area contributed by atoms with Crippen LogP contribution < -0.4 is 10.6 Å². The minimum Gasteiger partial charge on any atom is -0.346 e. The van der Waals surface area contributed by atoms with Crippen molar-refractivity contribution in [2.45, 2.75) is 82.0 Å². The number of Topliss-reactive ketones (excluding diaryl/α,β-unsaturated/α-hetero) is 1. The molecule has 1 amide bonds. The molecular weight excluding hydrogens is 522 g/mol. The zero-order valence-corrected chi connectivity index (χ0v) is 24.0. The largest absolute Gasteiger partial charge is 0.346 e. The molecule has 0 spiro atoms. The quantitative estimate of drug-likeness (QED) is 0.537. The minimum atomic E-state index is -0.269. The molecule has 2 N–H and O–H groups in total. The van der Waals surface area contributed by atoms with E-state index in [0.717, 1.165) is 62.6 Å². The number of thioether (sulfide) groups is 1. The van der Waals surface area contributed by atoms with Crippen LogP contribution in [0.3, 0.4) is 0 Å². The van der Waals surface area contributed by atoms with Crippen LogP contribution in [0.1, 0.15) is 56.3 Å². The maximum absolute atomic E-state index is 13.9. The molecule has 11 heteroatoms. The fourth-order valence-corrected chi connectivity index (χ4v) is 8.46. The summed E-state index contributed by atoms with van der Waals surface area (Å²) in [4.78, 5) is 43.6. The van der Waals surface area contributed by atoms with Crippen molar-refractivity contribution in [3.05, 3.63) is 34.4 Å². The van der Waals surface area contributed by atoms with Gasteiger partial charge >= 0.3 is 0 Å². The van der Waals surface area contributed by atoms with Gasteiger partial charge in [-0.2, -0.15) is 0 Å². The van der Waals surface area contributed by atoms with E-state index < -0.39 is 0 Å². The Hall–Kier alpha value is -1.72. The van der Waals surface area contributed by atoms with E-state index in [0.29, 0.717) is 22.6 Å². The molecule has 0 radical (unpaired) electrons. The number of likely N-dealkylation sites (N-methyl/N-ethyl adjacent to an activating group) is 1. The average molecular weight is 562 g/mol. The van der Waals surface area contributed by atoms with Crippen LogP contribution in [0.25, 0.3) is 0 Å². The zero-order valence-electron chi connectivity index (χ0n) is 22.4. The van der Waals surface area contributed by atoms with Gasteiger partial charge in [0.15, 0.2) is 5.78 Å². The highest BCUT2D eigenvalue weighted by molar-refractivity contribution is 8.04. The molecule has 1 aromatic heterocycles. The summed E-state index contributed by atoms with van der Waals surface area (Å²) in [5.41, 5.74) is 1.90. The van der Waals surface area contributed by atoms with Gasteiger partial charge in [-0.15, -0.1) is 24.2 Å². The molecular formula is C27H40ClN7O2S. The predicted octanol–water partition coefficient (Wildman–Crippen LogP) is 2.27. The van der Waals surface area contributed by atoms with Gasteiger partial charge in [0.05, 0.1) is 47.4 Å². The first kappa shape index (κ1) is 27.8. The van der Waals surface area contributed by atoms with Crippen LogP contribution in [0.5, 0.6) is 0 Å². The number of ketones is 1. The van der Waals surface area contributed by atoms with Crippen LogP contribution in [-0.2, 0) is 16.1 Å². The van der Waals surface area contributed by atoms with E-state index in [2.05, 4.69) is 42.3 Å². The number of piperidine rings is 1. The van der Waals surface area contributed by atoms with Crippen LogP contribution in [-0.4, -0.2) is 93.2 Å². The molecule has 9 nitrogen and oxygen atoms in total.